The summed E-state index contributed by atoms with van der Waals surface area (Å²) in [6.07, 6.45) is 6.03. The SMILES string of the molecule is COC1CCN(c2nccc(Nc3cc(C)c(C)cn3)n2)CC1. The van der Waals surface area contributed by atoms with Gasteiger partial charge in [-0.1, -0.05) is 0 Å². The highest BCUT2D eigenvalue weighted by molar-refractivity contribution is 5.54. The predicted octanol–water partition coefficient (Wildman–Crippen LogP) is 2.85. The monoisotopic (exact) mass is 313 g/mol. The lowest BCUT2D eigenvalue weighted by molar-refractivity contribution is 0.0816. The second kappa shape index (κ2) is 6.91. The Labute approximate surface area is 136 Å². The number of aromatic nitrogens is 3. The number of rotatable bonds is 4. The number of hydrogen-bond donors (Lipinski definition) is 1. The van der Waals surface area contributed by atoms with Crippen molar-refractivity contribution < 1.29 is 4.74 Å². The first kappa shape index (κ1) is 15.7. The molecule has 6 nitrogen and oxygen atoms in total. The van der Waals surface area contributed by atoms with E-state index < -0.39 is 0 Å². The van der Waals surface area contributed by atoms with Gasteiger partial charge in [0.05, 0.1) is 6.10 Å². The van der Waals surface area contributed by atoms with Crippen LogP contribution in [0.5, 0.6) is 0 Å². The molecule has 3 rings (SSSR count). The Morgan fingerprint density at radius 3 is 2.61 bits per heavy atom. The van der Waals surface area contributed by atoms with Crippen molar-refractivity contribution in [2.24, 2.45) is 0 Å². The quantitative estimate of drug-likeness (QED) is 0.936. The van der Waals surface area contributed by atoms with Gasteiger partial charge in [-0.3, -0.25) is 0 Å². The summed E-state index contributed by atoms with van der Waals surface area (Å²) >= 11 is 0. The fraction of sp³-hybridized carbons (Fsp3) is 0.471. The molecule has 23 heavy (non-hydrogen) atoms. The standard InChI is InChI=1S/C17H23N5O/c1-12-10-16(19-11-13(12)2)20-15-4-7-18-17(21-15)22-8-5-14(23-3)6-9-22/h4,7,10-11,14H,5-6,8-9H2,1-3H3,(H,18,19,20,21). The first-order chi connectivity index (χ1) is 11.2. The molecule has 1 aliphatic rings. The lowest BCUT2D eigenvalue weighted by Gasteiger charge is -2.31. The highest BCUT2D eigenvalue weighted by Crippen LogP contribution is 2.20. The summed E-state index contributed by atoms with van der Waals surface area (Å²) in [5.74, 6) is 2.32. The van der Waals surface area contributed by atoms with Crippen LogP contribution in [0.1, 0.15) is 24.0 Å². The van der Waals surface area contributed by atoms with Crippen molar-refractivity contribution in [3.8, 4) is 0 Å². The zero-order valence-electron chi connectivity index (χ0n) is 13.9. The minimum absolute atomic E-state index is 0.354. The van der Waals surface area contributed by atoms with Crippen LogP contribution in [0.3, 0.4) is 0 Å². The molecule has 0 bridgehead atoms. The maximum Gasteiger partial charge on any atom is 0.227 e. The molecule has 122 valence electrons. The third kappa shape index (κ3) is 3.76. The molecule has 3 heterocycles. The summed E-state index contributed by atoms with van der Waals surface area (Å²) in [6.45, 7) is 5.97. The van der Waals surface area contributed by atoms with Crippen molar-refractivity contribution in [3.63, 3.8) is 0 Å². The van der Waals surface area contributed by atoms with Crippen LogP contribution in [-0.2, 0) is 4.74 Å². The highest BCUT2D eigenvalue weighted by atomic mass is 16.5. The van der Waals surface area contributed by atoms with E-state index in [1.54, 1.807) is 13.3 Å². The van der Waals surface area contributed by atoms with Gasteiger partial charge in [0.15, 0.2) is 0 Å². The van der Waals surface area contributed by atoms with Gasteiger partial charge in [0.1, 0.15) is 11.6 Å². The number of aryl methyl sites for hydroxylation is 2. The van der Waals surface area contributed by atoms with Gasteiger partial charge in [0.25, 0.3) is 0 Å². The van der Waals surface area contributed by atoms with Crippen LogP contribution in [0.15, 0.2) is 24.5 Å². The fourth-order valence-electron chi connectivity index (χ4n) is 2.69. The van der Waals surface area contributed by atoms with E-state index in [-0.39, 0.29) is 0 Å². The molecule has 2 aromatic rings. The molecule has 1 saturated heterocycles. The Morgan fingerprint density at radius 2 is 1.91 bits per heavy atom. The molecule has 0 atom stereocenters. The molecule has 0 radical (unpaired) electrons. The maximum atomic E-state index is 5.41. The number of nitrogens with zero attached hydrogens (tertiary/aromatic N) is 4. The van der Waals surface area contributed by atoms with E-state index in [1.807, 2.05) is 18.3 Å². The molecule has 0 spiro atoms. The van der Waals surface area contributed by atoms with E-state index in [0.717, 1.165) is 43.5 Å². The summed E-state index contributed by atoms with van der Waals surface area (Å²) < 4.78 is 5.41. The molecule has 0 aromatic carbocycles. The van der Waals surface area contributed by atoms with E-state index in [2.05, 4.69) is 39.0 Å². The Kier molecular flexibility index (Phi) is 4.71. The first-order valence-corrected chi connectivity index (χ1v) is 7.97. The number of nitrogens with one attached hydrogen (secondary N) is 1. The molecular formula is C17H23N5O. The van der Waals surface area contributed by atoms with Crippen LogP contribution >= 0.6 is 0 Å². The number of piperidine rings is 1. The number of pyridine rings is 1. The maximum absolute atomic E-state index is 5.41. The van der Waals surface area contributed by atoms with Crippen LogP contribution in [-0.4, -0.2) is 41.3 Å². The molecule has 2 aromatic heterocycles. The molecule has 0 saturated carbocycles. The first-order valence-electron chi connectivity index (χ1n) is 7.97. The zero-order valence-corrected chi connectivity index (χ0v) is 13.9. The normalized spacial score (nSPS) is 15.7. The van der Waals surface area contributed by atoms with Crippen LogP contribution in [0.2, 0.25) is 0 Å². The Morgan fingerprint density at radius 1 is 1.13 bits per heavy atom. The molecule has 0 aliphatic carbocycles. The summed E-state index contributed by atoms with van der Waals surface area (Å²) in [7, 11) is 1.78. The summed E-state index contributed by atoms with van der Waals surface area (Å²) in [4.78, 5) is 15.6. The smallest absolute Gasteiger partial charge is 0.227 e. The predicted molar refractivity (Wildman–Crippen MR) is 91.3 cm³/mol. The van der Waals surface area contributed by atoms with Crippen molar-refractivity contribution >= 4 is 17.6 Å². The van der Waals surface area contributed by atoms with Gasteiger partial charge in [0.2, 0.25) is 5.95 Å². The zero-order chi connectivity index (χ0) is 16.2. The molecule has 0 unspecified atom stereocenters. The molecule has 6 heteroatoms. The highest BCUT2D eigenvalue weighted by Gasteiger charge is 2.20. The Hall–Kier alpha value is -2.21. The van der Waals surface area contributed by atoms with Gasteiger partial charge in [-0.15, -0.1) is 0 Å². The van der Waals surface area contributed by atoms with E-state index in [1.165, 1.54) is 11.1 Å². The number of ether oxygens (including phenoxy) is 1. The van der Waals surface area contributed by atoms with Crippen molar-refractivity contribution in [1.29, 1.82) is 0 Å². The van der Waals surface area contributed by atoms with E-state index in [9.17, 15) is 0 Å². The average molecular weight is 313 g/mol. The molecule has 1 fully saturated rings. The van der Waals surface area contributed by atoms with Gasteiger partial charge in [-0.05, 0) is 49.9 Å². The topological polar surface area (TPSA) is 63.2 Å². The molecule has 1 N–H and O–H groups in total. The molecule has 1 aliphatic heterocycles. The van der Waals surface area contributed by atoms with Crippen LogP contribution < -0.4 is 10.2 Å². The third-order valence-electron chi connectivity index (χ3n) is 4.33. The largest absolute Gasteiger partial charge is 0.381 e. The van der Waals surface area contributed by atoms with E-state index >= 15 is 0 Å². The van der Waals surface area contributed by atoms with Crippen molar-refractivity contribution in [2.75, 3.05) is 30.4 Å². The van der Waals surface area contributed by atoms with Crippen molar-refractivity contribution in [2.45, 2.75) is 32.8 Å². The van der Waals surface area contributed by atoms with Gasteiger partial charge >= 0.3 is 0 Å². The van der Waals surface area contributed by atoms with Crippen LogP contribution in [0.4, 0.5) is 17.6 Å². The van der Waals surface area contributed by atoms with Gasteiger partial charge in [-0.2, -0.15) is 4.98 Å². The van der Waals surface area contributed by atoms with Gasteiger partial charge < -0.3 is 15.0 Å². The molecule has 0 amide bonds. The van der Waals surface area contributed by atoms with Crippen LogP contribution in [0, 0.1) is 13.8 Å². The second-order valence-corrected chi connectivity index (χ2v) is 5.94. The van der Waals surface area contributed by atoms with Crippen molar-refractivity contribution in [1.82, 2.24) is 15.0 Å². The third-order valence-corrected chi connectivity index (χ3v) is 4.33. The summed E-state index contributed by atoms with van der Waals surface area (Å²) in [5.41, 5.74) is 2.39. The van der Waals surface area contributed by atoms with Gasteiger partial charge in [-0.25, -0.2) is 9.97 Å². The molecular weight excluding hydrogens is 290 g/mol. The summed E-state index contributed by atoms with van der Waals surface area (Å²) in [5, 5.41) is 3.26. The Bertz CT molecular complexity index is 668. The van der Waals surface area contributed by atoms with Crippen LogP contribution in [0.25, 0.3) is 0 Å². The number of anilines is 3. The van der Waals surface area contributed by atoms with E-state index in [0.29, 0.717) is 6.10 Å². The fourth-order valence-corrected chi connectivity index (χ4v) is 2.69. The number of hydrogen-bond acceptors (Lipinski definition) is 6. The Balaban J connectivity index is 1.71. The van der Waals surface area contributed by atoms with E-state index in [4.69, 9.17) is 4.74 Å². The lowest BCUT2D eigenvalue weighted by Crippen LogP contribution is -2.37. The lowest BCUT2D eigenvalue weighted by atomic mass is 10.1. The summed E-state index contributed by atoms with van der Waals surface area (Å²) in [6, 6.07) is 3.89. The second-order valence-electron chi connectivity index (χ2n) is 5.94. The minimum Gasteiger partial charge on any atom is -0.381 e. The van der Waals surface area contributed by atoms with Crippen molar-refractivity contribution in [3.05, 3.63) is 35.7 Å². The average Bonchev–Trinajstić information content (AvgIpc) is 2.58. The van der Waals surface area contributed by atoms with Gasteiger partial charge in [0, 0.05) is 32.6 Å². The number of methoxy groups -OCH3 is 1. The minimum atomic E-state index is 0.354.